The van der Waals surface area contributed by atoms with E-state index in [4.69, 9.17) is 4.74 Å². The number of esters is 1. The first-order valence-corrected chi connectivity index (χ1v) is 7.19. The van der Waals surface area contributed by atoms with Crippen LogP contribution in [0.2, 0.25) is 0 Å². The predicted octanol–water partition coefficient (Wildman–Crippen LogP) is 4.39. The lowest BCUT2D eigenvalue weighted by atomic mass is 9.94. The van der Waals surface area contributed by atoms with E-state index in [0.29, 0.717) is 17.6 Å². The lowest BCUT2D eigenvalue weighted by molar-refractivity contribution is 0.0529. The topological polar surface area (TPSA) is 46.5 Å². The summed E-state index contributed by atoms with van der Waals surface area (Å²) in [5.41, 5.74) is 2.23. The fourth-order valence-corrected chi connectivity index (χ4v) is 2.59. The molecule has 0 radical (unpaired) electrons. The fourth-order valence-electron chi connectivity index (χ4n) is 2.59. The minimum Gasteiger partial charge on any atom is -0.508 e. The zero-order chi connectivity index (χ0) is 15.5. The van der Waals surface area contributed by atoms with Crippen LogP contribution in [0.3, 0.4) is 0 Å². The molecule has 0 bridgehead atoms. The van der Waals surface area contributed by atoms with Crippen molar-refractivity contribution in [3.8, 4) is 16.9 Å². The highest BCUT2D eigenvalue weighted by Crippen LogP contribution is 2.32. The second-order valence-electron chi connectivity index (χ2n) is 4.98. The van der Waals surface area contributed by atoms with Gasteiger partial charge in [-0.3, -0.25) is 0 Å². The number of fused-ring (bicyclic) bond motifs is 1. The molecule has 3 aromatic carbocycles. The summed E-state index contributed by atoms with van der Waals surface area (Å²) < 4.78 is 5.22. The molecule has 3 rings (SSSR count). The van der Waals surface area contributed by atoms with E-state index in [1.54, 1.807) is 25.1 Å². The van der Waals surface area contributed by atoms with Crippen LogP contribution in [-0.2, 0) is 4.74 Å². The van der Waals surface area contributed by atoms with Crippen molar-refractivity contribution in [2.24, 2.45) is 0 Å². The van der Waals surface area contributed by atoms with Crippen LogP contribution in [0.4, 0.5) is 0 Å². The lowest BCUT2D eigenvalue weighted by Gasteiger charge is -2.13. The number of hydrogen-bond acceptors (Lipinski definition) is 3. The first kappa shape index (κ1) is 14.1. The van der Waals surface area contributed by atoms with E-state index in [-0.39, 0.29) is 11.7 Å². The van der Waals surface area contributed by atoms with Crippen LogP contribution >= 0.6 is 0 Å². The molecule has 0 aromatic heterocycles. The van der Waals surface area contributed by atoms with Crippen molar-refractivity contribution in [1.29, 1.82) is 0 Å². The van der Waals surface area contributed by atoms with Gasteiger partial charge in [0.1, 0.15) is 5.75 Å². The maximum absolute atomic E-state index is 12.5. The highest BCUT2D eigenvalue weighted by atomic mass is 16.5. The van der Waals surface area contributed by atoms with Gasteiger partial charge in [-0.15, -0.1) is 0 Å². The molecule has 3 aromatic rings. The first-order chi connectivity index (χ1) is 10.7. The van der Waals surface area contributed by atoms with Crippen LogP contribution < -0.4 is 0 Å². The molecule has 0 saturated heterocycles. The smallest absolute Gasteiger partial charge is 0.339 e. The number of benzene rings is 3. The summed E-state index contributed by atoms with van der Waals surface area (Å²) in [5, 5.41) is 11.4. The quantitative estimate of drug-likeness (QED) is 0.728. The maximum Gasteiger partial charge on any atom is 0.339 e. The van der Waals surface area contributed by atoms with Gasteiger partial charge in [0.05, 0.1) is 12.2 Å². The zero-order valence-corrected chi connectivity index (χ0v) is 12.2. The summed E-state index contributed by atoms with van der Waals surface area (Å²) in [6.07, 6.45) is 0. The van der Waals surface area contributed by atoms with Crippen LogP contribution in [-0.4, -0.2) is 17.7 Å². The number of rotatable bonds is 3. The zero-order valence-electron chi connectivity index (χ0n) is 12.2. The Morgan fingerprint density at radius 2 is 1.77 bits per heavy atom. The number of hydrogen-bond donors (Lipinski definition) is 1. The van der Waals surface area contributed by atoms with Crippen molar-refractivity contribution in [3.63, 3.8) is 0 Å². The third-order valence-electron chi connectivity index (χ3n) is 3.57. The molecular weight excluding hydrogens is 276 g/mol. The molecule has 0 atom stereocenters. The van der Waals surface area contributed by atoms with Gasteiger partial charge in [-0.1, -0.05) is 48.5 Å². The van der Waals surface area contributed by atoms with E-state index in [0.717, 1.165) is 16.5 Å². The highest BCUT2D eigenvalue weighted by molar-refractivity contribution is 6.10. The monoisotopic (exact) mass is 292 g/mol. The van der Waals surface area contributed by atoms with E-state index in [1.807, 2.05) is 42.5 Å². The summed E-state index contributed by atoms with van der Waals surface area (Å²) in [5.74, 6) is -0.249. The van der Waals surface area contributed by atoms with E-state index in [1.165, 1.54) is 0 Å². The van der Waals surface area contributed by atoms with Crippen LogP contribution in [0, 0.1) is 0 Å². The van der Waals surface area contributed by atoms with E-state index in [2.05, 4.69) is 0 Å². The summed E-state index contributed by atoms with van der Waals surface area (Å²) in [6.45, 7) is 2.09. The van der Waals surface area contributed by atoms with Crippen molar-refractivity contribution in [2.45, 2.75) is 6.92 Å². The molecule has 0 saturated carbocycles. The molecule has 110 valence electrons. The lowest BCUT2D eigenvalue weighted by Crippen LogP contribution is -2.07. The van der Waals surface area contributed by atoms with E-state index < -0.39 is 0 Å². The molecular formula is C19H16O3. The second-order valence-corrected chi connectivity index (χ2v) is 4.98. The van der Waals surface area contributed by atoms with Crippen LogP contribution in [0.25, 0.3) is 21.9 Å². The van der Waals surface area contributed by atoms with Crippen molar-refractivity contribution in [2.75, 3.05) is 6.61 Å². The Balaban J connectivity index is 2.32. The average molecular weight is 292 g/mol. The predicted molar refractivity (Wildman–Crippen MR) is 87.0 cm³/mol. The third-order valence-corrected chi connectivity index (χ3v) is 3.57. The summed E-state index contributed by atoms with van der Waals surface area (Å²) >= 11 is 0. The molecule has 0 spiro atoms. The van der Waals surface area contributed by atoms with Gasteiger partial charge in [-0.05, 0) is 35.6 Å². The normalized spacial score (nSPS) is 10.6. The maximum atomic E-state index is 12.5. The molecule has 1 N–H and O–H groups in total. The van der Waals surface area contributed by atoms with Gasteiger partial charge < -0.3 is 9.84 Å². The Morgan fingerprint density at radius 3 is 2.50 bits per heavy atom. The number of carbonyl (C=O) groups is 1. The number of carbonyl (C=O) groups excluding carboxylic acids is 1. The number of aromatic hydroxyl groups is 1. The molecule has 3 nitrogen and oxygen atoms in total. The Bertz CT molecular complexity index is 823. The molecule has 0 aliphatic rings. The van der Waals surface area contributed by atoms with Crippen molar-refractivity contribution >= 4 is 16.7 Å². The van der Waals surface area contributed by atoms with Crippen LogP contribution in [0.1, 0.15) is 17.3 Å². The standard InChI is InChI=1S/C19H16O3/c1-2-22-19(21)18-16(13-6-4-3-5-7-13)11-9-14-8-10-15(20)12-17(14)18/h3-12,20H,2H2,1H3. The first-order valence-electron chi connectivity index (χ1n) is 7.19. The Labute approximate surface area is 128 Å². The fraction of sp³-hybridized carbons (Fsp3) is 0.105. The molecule has 0 amide bonds. The summed E-state index contributed by atoms with van der Waals surface area (Å²) in [4.78, 5) is 12.5. The number of ether oxygens (including phenoxy) is 1. The molecule has 0 fully saturated rings. The Kier molecular flexibility index (Phi) is 3.79. The van der Waals surface area contributed by atoms with E-state index in [9.17, 15) is 9.90 Å². The van der Waals surface area contributed by atoms with Gasteiger partial charge >= 0.3 is 5.97 Å². The van der Waals surface area contributed by atoms with Gasteiger partial charge in [0.25, 0.3) is 0 Å². The van der Waals surface area contributed by atoms with Crippen molar-refractivity contribution < 1.29 is 14.6 Å². The summed E-state index contributed by atoms with van der Waals surface area (Å²) in [6, 6.07) is 18.6. The van der Waals surface area contributed by atoms with Gasteiger partial charge in [-0.25, -0.2) is 4.79 Å². The Hall–Kier alpha value is -2.81. The molecule has 0 aliphatic carbocycles. The minimum atomic E-state index is -0.377. The van der Waals surface area contributed by atoms with Gasteiger partial charge in [0, 0.05) is 5.39 Å². The molecule has 0 heterocycles. The molecule has 3 heteroatoms. The van der Waals surface area contributed by atoms with Crippen molar-refractivity contribution in [3.05, 3.63) is 66.2 Å². The third kappa shape index (κ3) is 2.53. The van der Waals surface area contributed by atoms with Gasteiger partial charge in [0.2, 0.25) is 0 Å². The number of phenols is 1. The molecule has 0 unspecified atom stereocenters. The second kappa shape index (κ2) is 5.90. The SMILES string of the molecule is CCOC(=O)c1c(-c2ccccc2)ccc2ccc(O)cc12. The Morgan fingerprint density at radius 1 is 1.05 bits per heavy atom. The van der Waals surface area contributed by atoms with Gasteiger partial charge in [0.15, 0.2) is 0 Å². The average Bonchev–Trinajstić information content (AvgIpc) is 2.54. The van der Waals surface area contributed by atoms with Gasteiger partial charge in [-0.2, -0.15) is 0 Å². The van der Waals surface area contributed by atoms with Crippen LogP contribution in [0.5, 0.6) is 5.75 Å². The van der Waals surface area contributed by atoms with Crippen molar-refractivity contribution in [1.82, 2.24) is 0 Å². The van der Waals surface area contributed by atoms with E-state index >= 15 is 0 Å². The highest BCUT2D eigenvalue weighted by Gasteiger charge is 2.18. The number of phenolic OH excluding ortho intramolecular Hbond substituents is 1. The molecule has 0 aliphatic heterocycles. The largest absolute Gasteiger partial charge is 0.508 e. The summed E-state index contributed by atoms with van der Waals surface area (Å²) in [7, 11) is 0. The minimum absolute atomic E-state index is 0.128. The molecule has 22 heavy (non-hydrogen) atoms. The van der Waals surface area contributed by atoms with Crippen LogP contribution in [0.15, 0.2) is 60.7 Å².